The topological polar surface area (TPSA) is 61.5 Å². The number of likely N-dealkylation sites (tertiary alicyclic amines) is 1. The number of rotatable bonds is 4. The Hall–Kier alpha value is -2.18. The molecule has 2 atom stereocenters. The van der Waals surface area contributed by atoms with Gasteiger partial charge in [0, 0.05) is 38.3 Å². The summed E-state index contributed by atoms with van der Waals surface area (Å²) in [5, 5.41) is 0. The van der Waals surface area contributed by atoms with Crippen LogP contribution in [0, 0.1) is 0 Å². The molecule has 126 valence electrons. The van der Waals surface area contributed by atoms with Crippen molar-refractivity contribution in [3.05, 3.63) is 48.0 Å². The minimum atomic E-state index is 0.103. The van der Waals surface area contributed by atoms with E-state index < -0.39 is 0 Å². The number of imidazole rings is 1. The maximum atomic E-state index is 12.9. The van der Waals surface area contributed by atoms with Gasteiger partial charge >= 0.3 is 0 Å². The molecule has 2 aliphatic heterocycles. The van der Waals surface area contributed by atoms with Gasteiger partial charge in [-0.3, -0.25) is 9.69 Å². The molecule has 1 aromatic carbocycles. The van der Waals surface area contributed by atoms with E-state index in [-0.39, 0.29) is 18.1 Å². The maximum Gasteiger partial charge on any atom is 0.241 e. The molecule has 0 spiro atoms. The van der Waals surface area contributed by atoms with Gasteiger partial charge in [0.25, 0.3) is 0 Å². The van der Waals surface area contributed by atoms with Crippen molar-refractivity contribution in [3.63, 3.8) is 0 Å². The number of nitrogens with one attached hydrogen (secondary N) is 1. The number of fused-ring (bicyclic) bond motifs is 1. The number of H-pyrrole nitrogens is 1. The third kappa shape index (κ3) is 2.72. The lowest BCUT2D eigenvalue weighted by Gasteiger charge is -2.25. The fourth-order valence-corrected chi connectivity index (χ4v) is 3.81. The number of para-hydroxylation sites is 1. The Morgan fingerprint density at radius 1 is 1.42 bits per heavy atom. The molecule has 1 fully saturated rings. The van der Waals surface area contributed by atoms with Gasteiger partial charge in [0.15, 0.2) is 0 Å². The lowest BCUT2D eigenvalue weighted by molar-refractivity contribution is -0.120. The minimum Gasteiger partial charge on any atom is -0.380 e. The quantitative estimate of drug-likeness (QED) is 0.930. The van der Waals surface area contributed by atoms with Crippen molar-refractivity contribution < 1.29 is 9.53 Å². The molecular formula is C18H22N4O2. The summed E-state index contributed by atoms with van der Waals surface area (Å²) in [6.07, 6.45) is 5.51. The second kappa shape index (κ2) is 6.37. The zero-order valence-corrected chi connectivity index (χ0v) is 13.8. The highest BCUT2D eigenvalue weighted by atomic mass is 16.5. The van der Waals surface area contributed by atoms with Gasteiger partial charge in [-0.1, -0.05) is 18.2 Å². The molecule has 0 bridgehead atoms. The van der Waals surface area contributed by atoms with Gasteiger partial charge in [-0.2, -0.15) is 0 Å². The molecule has 2 aliphatic rings. The van der Waals surface area contributed by atoms with E-state index >= 15 is 0 Å². The van der Waals surface area contributed by atoms with Gasteiger partial charge in [0.2, 0.25) is 5.91 Å². The Morgan fingerprint density at radius 2 is 2.29 bits per heavy atom. The zero-order chi connectivity index (χ0) is 16.5. The van der Waals surface area contributed by atoms with Crippen molar-refractivity contribution in [2.75, 3.05) is 31.6 Å². The van der Waals surface area contributed by atoms with Crippen molar-refractivity contribution >= 4 is 11.6 Å². The molecule has 1 unspecified atom stereocenters. The molecule has 6 nitrogen and oxygen atoms in total. The van der Waals surface area contributed by atoms with Gasteiger partial charge in [0.05, 0.1) is 18.7 Å². The predicted octanol–water partition coefficient (Wildman–Crippen LogP) is 1.76. The number of amides is 1. The summed E-state index contributed by atoms with van der Waals surface area (Å²) in [6.45, 7) is 1.91. The highest BCUT2D eigenvalue weighted by molar-refractivity contribution is 5.96. The number of hydrogen-bond donors (Lipinski definition) is 1. The number of aromatic nitrogens is 2. The minimum absolute atomic E-state index is 0.103. The normalized spacial score (nSPS) is 23.6. The first-order valence-corrected chi connectivity index (χ1v) is 8.40. The van der Waals surface area contributed by atoms with Gasteiger partial charge < -0.3 is 14.6 Å². The summed E-state index contributed by atoms with van der Waals surface area (Å²) in [7, 11) is 1.73. The number of carbonyl (C=O) groups excluding carboxylic acids is 1. The van der Waals surface area contributed by atoms with Crippen molar-refractivity contribution in [3.8, 4) is 0 Å². The lowest BCUT2D eigenvalue weighted by atomic mass is 10.2. The van der Waals surface area contributed by atoms with Crippen LogP contribution in [0.15, 0.2) is 36.7 Å². The summed E-state index contributed by atoms with van der Waals surface area (Å²) in [5.41, 5.74) is 2.31. The highest BCUT2D eigenvalue weighted by Gasteiger charge is 2.37. The fourth-order valence-electron chi connectivity index (χ4n) is 3.81. The molecule has 0 saturated carbocycles. The van der Waals surface area contributed by atoms with Gasteiger partial charge in [0.1, 0.15) is 5.82 Å². The van der Waals surface area contributed by atoms with E-state index in [1.54, 1.807) is 13.3 Å². The predicted molar refractivity (Wildman–Crippen MR) is 90.8 cm³/mol. The number of carbonyl (C=O) groups is 1. The molecule has 3 heterocycles. The Bertz CT molecular complexity index is 716. The summed E-state index contributed by atoms with van der Waals surface area (Å²) in [6, 6.07) is 8.26. The van der Waals surface area contributed by atoms with Crippen molar-refractivity contribution in [1.82, 2.24) is 14.9 Å². The van der Waals surface area contributed by atoms with Crippen LogP contribution in [0.2, 0.25) is 0 Å². The average molecular weight is 326 g/mol. The van der Waals surface area contributed by atoms with Crippen LogP contribution in [0.1, 0.15) is 23.9 Å². The maximum absolute atomic E-state index is 12.9. The average Bonchev–Trinajstić information content (AvgIpc) is 3.33. The molecule has 0 aliphatic carbocycles. The number of hydrogen-bond acceptors (Lipinski definition) is 4. The third-order valence-electron chi connectivity index (χ3n) is 5.06. The van der Waals surface area contributed by atoms with E-state index in [0.29, 0.717) is 6.54 Å². The molecule has 2 aromatic rings. The summed E-state index contributed by atoms with van der Waals surface area (Å²) in [4.78, 5) is 24.5. The highest BCUT2D eigenvalue weighted by Crippen LogP contribution is 2.32. The molecule has 1 saturated heterocycles. The fraction of sp³-hybridized carbons (Fsp3) is 0.444. The first kappa shape index (κ1) is 15.4. The molecular weight excluding hydrogens is 304 g/mol. The van der Waals surface area contributed by atoms with Gasteiger partial charge in [-0.05, 0) is 24.5 Å². The Morgan fingerprint density at radius 3 is 3.08 bits per heavy atom. The second-order valence-electron chi connectivity index (χ2n) is 6.44. The van der Waals surface area contributed by atoms with E-state index in [1.807, 2.05) is 29.3 Å². The molecule has 1 aromatic heterocycles. The van der Waals surface area contributed by atoms with Crippen LogP contribution < -0.4 is 4.90 Å². The van der Waals surface area contributed by atoms with E-state index in [0.717, 1.165) is 37.4 Å². The van der Waals surface area contributed by atoms with Crippen LogP contribution in [0.25, 0.3) is 0 Å². The second-order valence-corrected chi connectivity index (χ2v) is 6.44. The number of benzene rings is 1. The molecule has 1 amide bonds. The van der Waals surface area contributed by atoms with Gasteiger partial charge in [-0.15, -0.1) is 0 Å². The summed E-state index contributed by atoms with van der Waals surface area (Å²) in [5.74, 6) is 1.05. The molecule has 24 heavy (non-hydrogen) atoms. The number of methoxy groups -OCH3 is 1. The lowest BCUT2D eigenvalue weighted by Crippen LogP contribution is -2.40. The zero-order valence-electron chi connectivity index (χ0n) is 13.8. The molecule has 6 heteroatoms. The van der Waals surface area contributed by atoms with E-state index in [4.69, 9.17) is 4.74 Å². The first-order chi connectivity index (χ1) is 11.8. The number of ether oxygens (including phenoxy) is 1. The Kier molecular flexibility index (Phi) is 4.08. The summed E-state index contributed by atoms with van der Waals surface area (Å²) < 4.78 is 5.52. The smallest absolute Gasteiger partial charge is 0.241 e. The SMILES string of the molecule is CO[C@@H]1CC(c2ncc[nH]2)N(CC(=O)N2CCc3ccccc32)C1. The standard InChI is InChI=1S/C18H22N4O2/c1-24-14-10-16(18-19-7-8-20-18)21(11-14)12-17(23)22-9-6-13-4-2-3-5-15(13)22/h2-5,7-8,14,16H,6,9-12H2,1H3,(H,19,20)/t14-,16?/m1/s1. The van der Waals surface area contributed by atoms with Crippen molar-refractivity contribution in [2.24, 2.45) is 0 Å². The molecule has 1 N–H and O–H groups in total. The van der Waals surface area contributed by atoms with Crippen LogP contribution >= 0.6 is 0 Å². The van der Waals surface area contributed by atoms with Crippen LogP contribution in [-0.4, -0.2) is 53.6 Å². The number of anilines is 1. The Balaban J connectivity index is 1.50. The van der Waals surface area contributed by atoms with Crippen LogP contribution in [0.3, 0.4) is 0 Å². The Labute approximate surface area is 141 Å². The van der Waals surface area contributed by atoms with Crippen LogP contribution in [-0.2, 0) is 16.0 Å². The van der Waals surface area contributed by atoms with E-state index in [2.05, 4.69) is 20.9 Å². The third-order valence-corrected chi connectivity index (χ3v) is 5.06. The molecule has 0 radical (unpaired) electrons. The van der Waals surface area contributed by atoms with E-state index in [9.17, 15) is 4.79 Å². The van der Waals surface area contributed by atoms with Crippen LogP contribution in [0.4, 0.5) is 5.69 Å². The monoisotopic (exact) mass is 326 g/mol. The van der Waals surface area contributed by atoms with E-state index in [1.165, 1.54) is 5.56 Å². The summed E-state index contributed by atoms with van der Waals surface area (Å²) >= 11 is 0. The van der Waals surface area contributed by atoms with Crippen molar-refractivity contribution in [1.29, 1.82) is 0 Å². The van der Waals surface area contributed by atoms with Gasteiger partial charge in [-0.25, -0.2) is 4.98 Å². The van der Waals surface area contributed by atoms with Crippen LogP contribution in [0.5, 0.6) is 0 Å². The number of nitrogens with zero attached hydrogens (tertiary/aromatic N) is 3. The number of aromatic amines is 1. The first-order valence-electron chi connectivity index (χ1n) is 8.40. The van der Waals surface area contributed by atoms with Crippen molar-refractivity contribution in [2.45, 2.75) is 25.0 Å². The largest absolute Gasteiger partial charge is 0.380 e. The molecule has 4 rings (SSSR count).